The van der Waals surface area contributed by atoms with Gasteiger partial charge in [-0.3, -0.25) is 10.1 Å². The number of hydrogen-bond donors (Lipinski definition) is 2. The van der Waals surface area contributed by atoms with Crippen molar-refractivity contribution >= 4 is 11.9 Å². The van der Waals surface area contributed by atoms with E-state index < -0.39 is 23.0 Å². The van der Waals surface area contributed by atoms with Gasteiger partial charge in [-0.1, -0.05) is 6.07 Å². The third kappa shape index (κ3) is 2.85. The van der Waals surface area contributed by atoms with Crippen LogP contribution in [0.5, 0.6) is 5.75 Å². The standard InChI is InChI=1S/C13H12FN3O2/c1-7-6-8(2)16-13(15-7)17-12(19)11-9(14)4-3-5-10(11)18/h3-6,18H,1-2H3,(H,15,16,17,19). The number of amides is 1. The van der Waals surface area contributed by atoms with Gasteiger partial charge in [-0.15, -0.1) is 0 Å². The van der Waals surface area contributed by atoms with Crippen LogP contribution in [-0.4, -0.2) is 21.0 Å². The number of aryl methyl sites for hydroxylation is 2. The fourth-order valence-electron chi connectivity index (χ4n) is 1.68. The zero-order chi connectivity index (χ0) is 14.0. The molecule has 0 spiro atoms. The number of benzene rings is 1. The first kappa shape index (κ1) is 12.9. The van der Waals surface area contributed by atoms with Gasteiger partial charge in [-0.25, -0.2) is 14.4 Å². The largest absolute Gasteiger partial charge is 0.507 e. The van der Waals surface area contributed by atoms with Crippen LogP contribution >= 0.6 is 0 Å². The van der Waals surface area contributed by atoms with Crippen LogP contribution in [-0.2, 0) is 0 Å². The van der Waals surface area contributed by atoms with Crippen molar-refractivity contribution < 1.29 is 14.3 Å². The molecule has 2 N–H and O–H groups in total. The third-order valence-electron chi connectivity index (χ3n) is 2.43. The highest BCUT2D eigenvalue weighted by Gasteiger charge is 2.17. The minimum atomic E-state index is -0.804. The van der Waals surface area contributed by atoms with Crippen LogP contribution in [0.1, 0.15) is 21.7 Å². The molecule has 1 aromatic heterocycles. The van der Waals surface area contributed by atoms with Gasteiger partial charge in [0.05, 0.1) is 0 Å². The van der Waals surface area contributed by atoms with Crippen molar-refractivity contribution in [2.24, 2.45) is 0 Å². The lowest BCUT2D eigenvalue weighted by Crippen LogP contribution is -2.16. The fraction of sp³-hybridized carbons (Fsp3) is 0.154. The van der Waals surface area contributed by atoms with Gasteiger partial charge in [0.25, 0.3) is 5.91 Å². The molecule has 98 valence electrons. The van der Waals surface area contributed by atoms with E-state index in [9.17, 15) is 14.3 Å². The second-order valence-electron chi connectivity index (χ2n) is 4.06. The molecule has 0 saturated heterocycles. The highest BCUT2D eigenvalue weighted by atomic mass is 19.1. The molecule has 1 amide bonds. The molecule has 5 nitrogen and oxygen atoms in total. The van der Waals surface area contributed by atoms with E-state index in [1.807, 2.05) is 0 Å². The van der Waals surface area contributed by atoms with Gasteiger partial charge in [0, 0.05) is 11.4 Å². The van der Waals surface area contributed by atoms with E-state index in [4.69, 9.17) is 0 Å². The van der Waals surface area contributed by atoms with E-state index in [0.29, 0.717) is 11.4 Å². The average Bonchev–Trinajstić information content (AvgIpc) is 2.26. The number of phenols is 1. The Hall–Kier alpha value is -2.50. The van der Waals surface area contributed by atoms with Gasteiger partial charge in [-0.2, -0.15) is 0 Å². The van der Waals surface area contributed by atoms with Crippen LogP contribution in [0.25, 0.3) is 0 Å². The van der Waals surface area contributed by atoms with E-state index in [1.54, 1.807) is 19.9 Å². The van der Waals surface area contributed by atoms with Gasteiger partial charge >= 0.3 is 0 Å². The van der Waals surface area contributed by atoms with Gasteiger partial charge in [0.1, 0.15) is 17.1 Å². The summed E-state index contributed by atoms with van der Waals surface area (Å²) >= 11 is 0. The van der Waals surface area contributed by atoms with Crippen LogP contribution < -0.4 is 5.32 Å². The maximum atomic E-state index is 13.5. The summed E-state index contributed by atoms with van der Waals surface area (Å²) in [5, 5.41) is 11.9. The number of carbonyl (C=O) groups excluding carboxylic acids is 1. The summed E-state index contributed by atoms with van der Waals surface area (Å²) in [5.74, 6) is -1.95. The lowest BCUT2D eigenvalue weighted by Gasteiger charge is -2.07. The number of rotatable bonds is 2. The summed E-state index contributed by atoms with van der Waals surface area (Å²) in [6.07, 6.45) is 0. The van der Waals surface area contributed by atoms with Crippen LogP contribution in [0.2, 0.25) is 0 Å². The number of nitrogens with one attached hydrogen (secondary N) is 1. The van der Waals surface area contributed by atoms with Crippen molar-refractivity contribution in [3.8, 4) is 5.75 Å². The number of phenolic OH excluding ortho intramolecular Hbond substituents is 1. The first-order valence-corrected chi connectivity index (χ1v) is 5.58. The summed E-state index contributed by atoms with van der Waals surface area (Å²) in [5.41, 5.74) is 0.936. The second kappa shape index (κ2) is 5.01. The fourth-order valence-corrected chi connectivity index (χ4v) is 1.68. The topological polar surface area (TPSA) is 75.1 Å². The monoisotopic (exact) mass is 261 g/mol. The summed E-state index contributed by atoms with van der Waals surface area (Å²) in [4.78, 5) is 19.9. The number of carbonyl (C=O) groups is 1. The molecule has 1 aromatic carbocycles. The predicted octanol–water partition coefficient (Wildman–Crippen LogP) is 2.19. The van der Waals surface area contributed by atoms with Crippen molar-refractivity contribution in [2.45, 2.75) is 13.8 Å². The van der Waals surface area contributed by atoms with Crippen molar-refractivity contribution in [1.29, 1.82) is 0 Å². The quantitative estimate of drug-likeness (QED) is 0.868. The Morgan fingerprint density at radius 1 is 1.26 bits per heavy atom. The Morgan fingerprint density at radius 3 is 2.47 bits per heavy atom. The lowest BCUT2D eigenvalue weighted by molar-refractivity contribution is 0.101. The summed E-state index contributed by atoms with van der Waals surface area (Å²) in [7, 11) is 0. The molecular weight excluding hydrogens is 249 g/mol. The first-order chi connectivity index (χ1) is 8.97. The number of halogens is 1. The van der Waals surface area contributed by atoms with Crippen molar-refractivity contribution in [1.82, 2.24) is 9.97 Å². The van der Waals surface area contributed by atoms with Gasteiger partial charge in [0.15, 0.2) is 0 Å². The Balaban J connectivity index is 2.31. The highest BCUT2D eigenvalue weighted by molar-refractivity contribution is 6.05. The molecule has 6 heteroatoms. The Labute approximate surface area is 109 Å². The first-order valence-electron chi connectivity index (χ1n) is 5.58. The number of anilines is 1. The normalized spacial score (nSPS) is 10.3. The van der Waals surface area contributed by atoms with Gasteiger partial charge in [-0.05, 0) is 32.0 Å². The summed E-state index contributed by atoms with van der Waals surface area (Å²) < 4.78 is 13.5. The van der Waals surface area contributed by atoms with Crippen LogP contribution in [0, 0.1) is 19.7 Å². The maximum Gasteiger partial charge on any atom is 0.264 e. The summed E-state index contributed by atoms with van der Waals surface area (Å²) in [6.45, 7) is 3.51. The molecule has 0 bridgehead atoms. The second-order valence-corrected chi connectivity index (χ2v) is 4.06. The number of hydrogen-bond acceptors (Lipinski definition) is 4. The minimum absolute atomic E-state index is 0.0742. The molecule has 1 heterocycles. The molecule has 0 aliphatic carbocycles. The maximum absolute atomic E-state index is 13.5. The number of aromatic nitrogens is 2. The highest BCUT2D eigenvalue weighted by Crippen LogP contribution is 2.20. The van der Waals surface area contributed by atoms with Crippen molar-refractivity contribution in [2.75, 3.05) is 5.32 Å². The Kier molecular flexibility index (Phi) is 3.41. The zero-order valence-corrected chi connectivity index (χ0v) is 10.4. The molecule has 0 atom stereocenters. The average molecular weight is 261 g/mol. The Morgan fingerprint density at radius 2 is 1.89 bits per heavy atom. The van der Waals surface area contributed by atoms with E-state index in [-0.39, 0.29) is 5.95 Å². The molecule has 0 aliphatic heterocycles. The van der Waals surface area contributed by atoms with Crippen LogP contribution in [0.4, 0.5) is 10.3 Å². The van der Waals surface area contributed by atoms with Crippen LogP contribution in [0.15, 0.2) is 24.3 Å². The molecule has 2 rings (SSSR count). The predicted molar refractivity (Wildman–Crippen MR) is 67.5 cm³/mol. The SMILES string of the molecule is Cc1cc(C)nc(NC(=O)c2c(O)cccc2F)n1. The minimum Gasteiger partial charge on any atom is -0.507 e. The molecule has 0 aliphatic rings. The molecule has 0 radical (unpaired) electrons. The van der Waals surface area contributed by atoms with E-state index in [1.165, 1.54) is 12.1 Å². The van der Waals surface area contributed by atoms with Gasteiger partial charge < -0.3 is 5.11 Å². The van der Waals surface area contributed by atoms with Gasteiger partial charge in [0.2, 0.25) is 5.95 Å². The molecule has 0 saturated carbocycles. The van der Waals surface area contributed by atoms with Crippen LogP contribution in [0.3, 0.4) is 0 Å². The lowest BCUT2D eigenvalue weighted by atomic mass is 10.2. The Bertz CT molecular complexity index is 603. The molecule has 0 unspecified atom stereocenters. The third-order valence-corrected chi connectivity index (χ3v) is 2.43. The molecule has 2 aromatic rings. The van der Waals surface area contributed by atoms with Crippen molar-refractivity contribution in [3.63, 3.8) is 0 Å². The van der Waals surface area contributed by atoms with E-state index >= 15 is 0 Å². The van der Waals surface area contributed by atoms with Crippen molar-refractivity contribution in [3.05, 3.63) is 47.0 Å². The molecule has 19 heavy (non-hydrogen) atoms. The smallest absolute Gasteiger partial charge is 0.264 e. The zero-order valence-electron chi connectivity index (χ0n) is 10.4. The number of aromatic hydroxyl groups is 1. The van der Waals surface area contributed by atoms with E-state index in [0.717, 1.165) is 6.07 Å². The number of nitrogens with zero attached hydrogens (tertiary/aromatic N) is 2. The summed E-state index contributed by atoms with van der Waals surface area (Å²) in [6, 6.07) is 5.39. The molecule has 0 fully saturated rings. The van der Waals surface area contributed by atoms with E-state index in [2.05, 4.69) is 15.3 Å². The molecular formula is C13H12FN3O2.